The fraction of sp³-hybridized carbons (Fsp3) is 0.385. The molecule has 0 unspecified atom stereocenters. The summed E-state index contributed by atoms with van der Waals surface area (Å²) in [5.74, 6) is 0.561. The Labute approximate surface area is 134 Å². The van der Waals surface area contributed by atoms with Gasteiger partial charge >= 0.3 is 5.97 Å². The van der Waals surface area contributed by atoms with Crippen molar-refractivity contribution in [2.75, 3.05) is 13.0 Å². The highest BCUT2D eigenvalue weighted by atomic mass is 127. The highest BCUT2D eigenvalue weighted by Crippen LogP contribution is 2.22. The standard InChI is InChI=1S/C13H13ClFIN2O2/c1-20-13(19)3-5-18-11-6-8(15)9(16)7-10(11)17-12(18)2-4-14/h6-7H,2-5H2,1H3. The average molecular weight is 411 g/mol. The molecule has 1 heterocycles. The second-order valence-electron chi connectivity index (χ2n) is 4.20. The molecule has 7 heteroatoms. The zero-order valence-electron chi connectivity index (χ0n) is 10.8. The number of alkyl halides is 1. The predicted octanol–water partition coefficient (Wildman–Crippen LogP) is 3.12. The van der Waals surface area contributed by atoms with Gasteiger partial charge in [-0.2, -0.15) is 0 Å². The zero-order chi connectivity index (χ0) is 14.7. The molecule has 20 heavy (non-hydrogen) atoms. The average Bonchev–Trinajstić information content (AvgIpc) is 2.74. The fourth-order valence-electron chi connectivity index (χ4n) is 2.00. The fourth-order valence-corrected chi connectivity index (χ4v) is 2.62. The van der Waals surface area contributed by atoms with Crippen molar-refractivity contribution in [3.05, 3.63) is 27.3 Å². The number of ether oxygens (including phenoxy) is 1. The van der Waals surface area contributed by atoms with Crippen LogP contribution in [0.25, 0.3) is 11.0 Å². The summed E-state index contributed by atoms with van der Waals surface area (Å²) >= 11 is 7.70. The summed E-state index contributed by atoms with van der Waals surface area (Å²) in [5, 5.41) is 0. The van der Waals surface area contributed by atoms with Crippen molar-refractivity contribution in [2.45, 2.75) is 19.4 Å². The first kappa shape index (κ1) is 15.5. The number of halogens is 3. The molecule has 0 saturated carbocycles. The molecular formula is C13H13ClFIN2O2. The van der Waals surface area contributed by atoms with E-state index in [1.165, 1.54) is 13.2 Å². The summed E-state index contributed by atoms with van der Waals surface area (Å²) in [6.07, 6.45) is 0.778. The minimum Gasteiger partial charge on any atom is -0.469 e. The van der Waals surface area contributed by atoms with Gasteiger partial charge in [-0.3, -0.25) is 4.79 Å². The maximum atomic E-state index is 13.7. The SMILES string of the molecule is COC(=O)CCn1c(CCCl)nc2cc(I)c(F)cc21. The Morgan fingerprint density at radius 3 is 2.95 bits per heavy atom. The summed E-state index contributed by atoms with van der Waals surface area (Å²) in [4.78, 5) is 15.7. The molecule has 1 aromatic heterocycles. The van der Waals surface area contributed by atoms with Gasteiger partial charge in [0.05, 0.1) is 28.1 Å². The summed E-state index contributed by atoms with van der Waals surface area (Å²) in [5.41, 5.74) is 1.38. The monoisotopic (exact) mass is 410 g/mol. The van der Waals surface area contributed by atoms with E-state index >= 15 is 0 Å². The van der Waals surface area contributed by atoms with Gasteiger partial charge in [0.2, 0.25) is 0 Å². The molecule has 0 saturated heterocycles. The smallest absolute Gasteiger partial charge is 0.307 e. The van der Waals surface area contributed by atoms with Crippen LogP contribution in [-0.4, -0.2) is 28.5 Å². The molecule has 4 nitrogen and oxygen atoms in total. The lowest BCUT2D eigenvalue weighted by Gasteiger charge is -2.07. The van der Waals surface area contributed by atoms with Gasteiger partial charge in [-0.05, 0) is 28.7 Å². The molecule has 1 aromatic carbocycles. The largest absolute Gasteiger partial charge is 0.469 e. The Balaban J connectivity index is 2.44. The van der Waals surface area contributed by atoms with Crippen LogP contribution in [0, 0.1) is 9.39 Å². The Morgan fingerprint density at radius 1 is 1.55 bits per heavy atom. The third-order valence-electron chi connectivity index (χ3n) is 2.95. The number of benzene rings is 1. The lowest BCUT2D eigenvalue weighted by Crippen LogP contribution is -2.10. The number of esters is 1. The van der Waals surface area contributed by atoms with E-state index in [2.05, 4.69) is 9.72 Å². The Hall–Kier alpha value is -0.890. The summed E-state index contributed by atoms with van der Waals surface area (Å²) in [6, 6.07) is 3.14. The van der Waals surface area contributed by atoms with Crippen molar-refractivity contribution in [2.24, 2.45) is 0 Å². The van der Waals surface area contributed by atoms with Gasteiger partial charge in [-0.1, -0.05) is 0 Å². The van der Waals surface area contributed by atoms with Crippen LogP contribution >= 0.6 is 34.2 Å². The molecule has 0 radical (unpaired) electrons. The molecule has 2 aromatic rings. The number of hydrogen-bond donors (Lipinski definition) is 0. The third kappa shape index (κ3) is 3.22. The van der Waals surface area contributed by atoms with Crippen LogP contribution in [0.4, 0.5) is 4.39 Å². The maximum Gasteiger partial charge on any atom is 0.307 e. The van der Waals surface area contributed by atoms with E-state index in [-0.39, 0.29) is 18.2 Å². The van der Waals surface area contributed by atoms with Crippen LogP contribution in [0.15, 0.2) is 12.1 Å². The second kappa shape index (κ2) is 6.71. The lowest BCUT2D eigenvalue weighted by atomic mass is 10.3. The molecule has 0 N–H and O–H groups in total. The van der Waals surface area contributed by atoms with E-state index in [9.17, 15) is 9.18 Å². The number of aryl methyl sites for hydroxylation is 2. The topological polar surface area (TPSA) is 44.1 Å². The van der Waals surface area contributed by atoms with Crippen molar-refractivity contribution in [1.29, 1.82) is 0 Å². The highest BCUT2D eigenvalue weighted by molar-refractivity contribution is 14.1. The summed E-state index contributed by atoms with van der Waals surface area (Å²) in [7, 11) is 1.34. The van der Waals surface area contributed by atoms with E-state index in [4.69, 9.17) is 11.6 Å². The summed E-state index contributed by atoms with van der Waals surface area (Å²) < 4.78 is 20.7. The number of methoxy groups -OCH3 is 1. The molecule has 0 amide bonds. The van der Waals surface area contributed by atoms with Crippen LogP contribution in [0.3, 0.4) is 0 Å². The zero-order valence-corrected chi connectivity index (χ0v) is 13.7. The van der Waals surface area contributed by atoms with E-state index in [1.807, 2.05) is 27.2 Å². The number of rotatable bonds is 5. The first-order valence-corrected chi connectivity index (χ1v) is 7.65. The number of fused-ring (bicyclic) bond motifs is 1. The molecule has 108 valence electrons. The van der Waals surface area contributed by atoms with Crippen molar-refractivity contribution < 1.29 is 13.9 Å². The molecule has 0 aliphatic rings. The van der Waals surface area contributed by atoms with Crippen molar-refractivity contribution >= 4 is 51.2 Å². The number of carbonyl (C=O) groups is 1. The minimum atomic E-state index is -0.311. The van der Waals surface area contributed by atoms with Gasteiger partial charge in [0.15, 0.2) is 0 Å². The van der Waals surface area contributed by atoms with Gasteiger partial charge in [0, 0.05) is 24.9 Å². The van der Waals surface area contributed by atoms with Gasteiger partial charge < -0.3 is 9.30 Å². The number of hydrogen-bond acceptors (Lipinski definition) is 3. The van der Waals surface area contributed by atoms with Crippen molar-refractivity contribution in [1.82, 2.24) is 9.55 Å². The van der Waals surface area contributed by atoms with E-state index in [1.54, 1.807) is 6.07 Å². The van der Waals surface area contributed by atoms with Crippen molar-refractivity contribution in [3.63, 3.8) is 0 Å². The normalized spacial score (nSPS) is 11.0. The Bertz CT molecular complexity index is 645. The van der Waals surface area contributed by atoms with E-state index < -0.39 is 0 Å². The predicted molar refractivity (Wildman–Crippen MR) is 83.5 cm³/mol. The molecule has 2 rings (SSSR count). The molecule has 0 fully saturated rings. The van der Waals surface area contributed by atoms with Gasteiger partial charge in [-0.15, -0.1) is 11.6 Å². The minimum absolute atomic E-state index is 0.213. The molecule has 0 spiro atoms. The number of nitrogens with zero attached hydrogens (tertiary/aromatic N) is 2. The van der Waals surface area contributed by atoms with Crippen LogP contribution in [0.5, 0.6) is 0 Å². The highest BCUT2D eigenvalue weighted by Gasteiger charge is 2.14. The second-order valence-corrected chi connectivity index (χ2v) is 5.74. The number of carbonyl (C=O) groups excluding carboxylic acids is 1. The van der Waals surface area contributed by atoms with Crippen molar-refractivity contribution in [3.8, 4) is 0 Å². The van der Waals surface area contributed by atoms with Crippen LogP contribution < -0.4 is 0 Å². The van der Waals surface area contributed by atoms with Crippen LogP contribution in [-0.2, 0) is 22.5 Å². The Morgan fingerprint density at radius 2 is 2.30 bits per heavy atom. The first-order valence-electron chi connectivity index (χ1n) is 6.03. The molecular weight excluding hydrogens is 398 g/mol. The van der Waals surface area contributed by atoms with Crippen LogP contribution in [0.1, 0.15) is 12.2 Å². The van der Waals surface area contributed by atoms with E-state index in [0.29, 0.717) is 33.4 Å². The third-order valence-corrected chi connectivity index (χ3v) is 3.97. The number of aromatic nitrogens is 2. The van der Waals surface area contributed by atoms with Gasteiger partial charge in [0.25, 0.3) is 0 Å². The van der Waals surface area contributed by atoms with Gasteiger partial charge in [-0.25, -0.2) is 9.37 Å². The first-order chi connectivity index (χ1) is 9.56. The van der Waals surface area contributed by atoms with Crippen LogP contribution in [0.2, 0.25) is 0 Å². The quantitative estimate of drug-likeness (QED) is 0.432. The lowest BCUT2D eigenvalue weighted by molar-refractivity contribution is -0.140. The summed E-state index contributed by atoms with van der Waals surface area (Å²) in [6.45, 7) is 0.398. The maximum absolute atomic E-state index is 13.7. The molecule has 0 aliphatic heterocycles. The molecule has 0 aliphatic carbocycles. The molecule has 0 atom stereocenters. The number of imidazole rings is 1. The van der Waals surface area contributed by atoms with E-state index in [0.717, 1.165) is 5.82 Å². The Kier molecular flexibility index (Phi) is 5.20. The molecule has 0 bridgehead atoms. The van der Waals surface area contributed by atoms with Gasteiger partial charge in [0.1, 0.15) is 11.6 Å².